The molecule has 0 amide bonds. The van der Waals surface area contributed by atoms with Gasteiger partial charge >= 0.3 is 0 Å². The fourth-order valence-electron chi connectivity index (χ4n) is 6.25. The number of aromatic nitrogens is 1. The SMILES string of the molecule is c1ccc(N(c2ccc3ccccc3c2)c2ccc3c(c2)oc2cccc(-c4nc5c(ccc6ccccc65)o4)c23)cc1. The van der Waals surface area contributed by atoms with Crippen LogP contribution in [0, 0.1) is 0 Å². The number of rotatable bonds is 4. The van der Waals surface area contributed by atoms with Crippen LogP contribution in [0.15, 0.2) is 154 Å². The summed E-state index contributed by atoms with van der Waals surface area (Å²) in [5.41, 5.74) is 7.34. The highest BCUT2D eigenvalue weighted by Crippen LogP contribution is 2.42. The number of benzene rings is 7. The Kier molecular flexibility index (Phi) is 5.16. The van der Waals surface area contributed by atoms with Gasteiger partial charge in [0.2, 0.25) is 5.89 Å². The van der Waals surface area contributed by atoms with E-state index in [2.05, 4.69) is 114 Å². The Balaban J connectivity index is 1.22. The van der Waals surface area contributed by atoms with Crippen LogP contribution in [0.25, 0.3) is 66.0 Å². The third kappa shape index (κ3) is 3.81. The Morgan fingerprint density at radius 2 is 1.19 bits per heavy atom. The van der Waals surface area contributed by atoms with Gasteiger partial charge < -0.3 is 13.7 Å². The average molecular weight is 553 g/mol. The van der Waals surface area contributed by atoms with Crippen molar-refractivity contribution in [3.8, 4) is 11.5 Å². The minimum absolute atomic E-state index is 0.589. The number of furan rings is 1. The Labute approximate surface area is 247 Å². The molecule has 0 bridgehead atoms. The van der Waals surface area contributed by atoms with Crippen molar-refractivity contribution in [2.24, 2.45) is 0 Å². The van der Waals surface area contributed by atoms with Gasteiger partial charge in [-0.2, -0.15) is 0 Å². The monoisotopic (exact) mass is 552 g/mol. The molecule has 4 nitrogen and oxygen atoms in total. The van der Waals surface area contributed by atoms with E-state index in [1.807, 2.05) is 36.4 Å². The smallest absolute Gasteiger partial charge is 0.228 e. The first-order valence-electron chi connectivity index (χ1n) is 14.4. The lowest BCUT2D eigenvalue weighted by Gasteiger charge is -2.25. The normalized spacial score (nSPS) is 11.7. The summed E-state index contributed by atoms with van der Waals surface area (Å²) in [6.45, 7) is 0. The quantitative estimate of drug-likeness (QED) is 0.218. The van der Waals surface area contributed by atoms with Gasteiger partial charge in [0.25, 0.3) is 0 Å². The summed E-state index contributed by atoms with van der Waals surface area (Å²) < 4.78 is 12.8. The molecule has 0 saturated heterocycles. The summed E-state index contributed by atoms with van der Waals surface area (Å²) in [7, 11) is 0. The van der Waals surface area contributed by atoms with Gasteiger partial charge in [0.1, 0.15) is 16.7 Å². The fraction of sp³-hybridized carbons (Fsp3) is 0. The molecule has 0 aliphatic carbocycles. The molecule has 0 fully saturated rings. The second-order valence-corrected chi connectivity index (χ2v) is 10.8. The number of para-hydroxylation sites is 1. The third-order valence-corrected chi connectivity index (χ3v) is 8.26. The van der Waals surface area contributed by atoms with Crippen LogP contribution < -0.4 is 4.90 Å². The lowest BCUT2D eigenvalue weighted by Crippen LogP contribution is -2.09. The first-order valence-corrected chi connectivity index (χ1v) is 14.4. The minimum atomic E-state index is 0.589. The van der Waals surface area contributed by atoms with Crippen LogP contribution in [0.3, 0.4) is 0 Å². The summed E-state index contributed by atoms with van der Waals surface area (Å²) >= 11 is 0. The van der Waals surface area contributed by atoms with Gasteiger partial charge in [0.15, 0.2) is 5.58 Å². The number of hydrogen-bond acceptors (Lipinski definition) is 4. The molecule has 0 radical (unpaired) electrons. The molecule has 202 valence electrons. The summed E-state index contributed by atoms with van der Waals surface area (Å²) in [6.07, 6.45) is 0. The molecule has 9 rings (SSSR count). The van der Waals surface area contributed by atoms with Gasteiger partial charge in [0.05, 0.1) is 0 Å². The highest BCUT2D eigenvalue weighted by molar-refractivity contribution is 6.13. The van der Waals surface area contributed by atoms with E-state index in [-0.39, 0.29) is 0 Å². The Morgan fingerprint density at radius 3 is 2.09 bits per heavy atom. The van der Waals surface area contributed by atoms with E-state index in [1.165, 1.54) is 10.8 Å². The van der Waals surface area contributed by atoms with Crippen molar-refractivity contribution in [2.75, 3.05) is 4.90 Å². The van der Waals surface area contributed by atoms with Crippen LogP contribution in [0.4, 0.5) is 17.1 Å². The molecule has 7 aromatic carbocycles. The van der Waals surface area contributed by atoms with Crippen LogP contribution in [0.2, 0.25) is 0 Å². The van der Waals surface area contributed by atoms with Crippen LogP contribution >= 0.6 is 0 Å². The predicted molar refractivity (Wildman–Crippen MR) is 176 cm³/mol. The van der Waals surface area contributed by atoms with E-state index >= 15 is 0 Å². The standard InChI is InChI=1S/C39H24N2O2/c1-2-12-28(13-3-1)41(29-19-17-25-9-4-5-11-27(25)23-29)30-20-21-32-36(24-30)42-34-16-8-15-33(37(32)34)39-40-38-31-14-7-6-10-26(31)18-22-35(38)43-39/h1-24H. The largest absolute Gasteiger partial charge is 0.456 e. The highest BCUT2D eigenvalue weighted by atomic mass is 16.3. The van der Waals surface area contributed by atoms with Crippen LogP contribution in [0.1, 0.15) is 0 Å². The van der Waals surface area contributed by atoms with Crippen molar-refractivity contribution in [2.45, 2.75) is 0 Å². The third-order valence-electron chi connectivity index (χ3n) is 8.26. The summed E-state index contributed by atoms with van der Waals surface area (Å²) in [6, 6.07) is 50.3. The first-order chi connectivity index (χ1) is 21.3. The van der Waals surface area contributed by atoms with E-state index in [4.69, 9.17) is 13.8 Å². The first kappa shape index (κ1) is 23.8. The van der Waals surface area contributed by atoms with Gasteiger partial charge in [0, 0.05) is 44.9 Å². The maximum atomic E-state index is 6.50. The van der Waals surface area contributed by atoms with Crippen molar-refractivity contribution >= 4 is 71.6 Å². The summed E-state index contributed by atoms with van der Waals surface area (Å²) in [5.74, 6) is 0.589. The zero-order chi connectivity index (χ0) is 28.3. The molecule has 0 N–H and O–H groups in total. The molecule has 2 aromatic heterocycles. The molecule has 2 heterocycles. The van der Waals surface area contributed by atoms with E-state index in [0.29, 0.717) is 5.89 Å². The molecule has 9 aromatic rings. The van der Waals surface area contributed by atoms with Crippen molar-refractivity contribution in [1.82, 2.24) is 4.98 Å². The van der Waals surface area contributed by atoms with Gasteiger partial charge in [-0.1, -0.05) is 84.9 Å². The Hall–Kier alpha value is -5.87. The zero-order valence-corrected chi connectivity index (χ0v) is 23.1. The van der Waals surface area contributed by atoms with Crippen LogP contribution in [-0.2, 0) is 0 Å². The summed E-state index contributed by atoms with van der Waals surface area (Å²) in [5, 5.41) is 6.65. The molecular weight excluding hydrogens is 528 g/mol. The molecule has 0 aliphatic heterocycles. The topological polar surface area (TPSA) is 42.4 Å². The van der Waals surface area contributed by atoms with E-state index in [1.54, 1.807) is 0 Å². The number of anilines is 3. The van der Waals surface area contributed by atoms with Crippen molar-refractivity contribution in [3.63, 3.8) is 0 Å². The Morgan fingerprint density at radius 1 is 0.442 bits per heavy atom. The molecule has 4 heteroatoms. The second-order valence-electron chi connectivity index (χ2n) is 10.8. The second kappa shape index (κ2) is 9.33. The van der Waals surface area contributed by atoms with E-state index in [0.717, 1.165) is 66.4 Å². The number of hydrogen-bond donors (Lipinski definition) is 0. The average Bonchev–Trinajstić information content (AvgIpc) is 3.67. The number of nitrogens with zero attached hydrogens (tertiary/aromatic N) is 2. The molecule has 0 unspecified atom stereocenters. The van der Waals surface area contributed by atoms with Crippen molar-refractivity contribution in [1.29, 1.82) is 0 Å². The van der Waals surface area contributed by atoms with Gasteiger partial charge in [-0.3, -0.25) is 0 Å². The molecule has 0 saturated carbocycles. The summed E-state index contributed by atoms with van der Waals surface area (Å²) in [4.78, 5) is 7.25. The lowest BCUT2D eigenvalue weighted by atomic mass is 10.0. The van der Waals surface area contributed by atoms with E-state index < -0.39 is 0 Å². The molecule has 43 heavy (non-hydrogen) atoms. The van der Waals surface area contributed by atoms with Crippen LogP contribution in [0.5, 0.6) is 0 Å². The molecule has 0 atom stereocenters. The maximum absolute atomic E-state index is 6.50. The zero-order valence-electron chi connectivity index (χ0n) is 23.1. The van der Waals surface area contributed by atoms with E-state index in [9.17, 15) is 0 Å². The molecule has 0 aliphatic rings. The van der Waals surface area contributed by atoms with Crippen molar-refractivity contribution < 1.29 is 8.83 Å². The minimum Gasteiger partial charge on any atom is -0.456 e. The van der Waals surface area contributed by atoms with Crippen molar-refractivity contribution in [3.05, 3.63) is 146 Å². The highest BCUT2D eigenvalue weighted by Gasteiger charge is 2.20. The molecule has 0 spiro atoms. The van der Waals surface area contributed by atoms with Gasteiger partial charge in [-0.15, -0.1) is 0 Å². The van der Waals surface area contributed by atoms with Gasteiger partial charge in [-0.05, 0) is 70.8 Å². The fourth-order valence-corrected chi connectivity index (χ4v) is 6.25. The van der Waals surface area contributed by atoms with Crippen LogP contribution in [-0.4, -0.2) is 4.98 Å². The maximum Gasteiger partial charge on any atom is 0.228 e. The number of fused-ring (bicyclic) bond motifs is 7. The predicted octanol–water partition coefficient (Wildman–Crippen LogP) is 11.2. The molecular formula is C39H24N2O2. The lowest BCUT2D eigenvalue weighted by molar-refractivity contribution is 0.620. The number of oxazole rings is 1. The Bertz CT molecular complexity index is 2470. The van der Waals surface area contributed by atoms with Gasteiger partial charge in [-0.25, -0.2) is 4.98 Å².